The Hall–Kier alpha value is -2.64. The van der Waals surface area contributed by atoms with E-state index in [0.29, 0.717) is 28.6 Å². The van der Waals surface area contributed by atoms with E-state index in [-0.39, 0.29) is 11.8 Å². The van der Waals surface area contributed by atoms with Crippen molar-refractivity contribution in [2.45, 2.75) is 26.2 Å². The molecule has 0 unspecified atom stereocenters. The number of thiocarbonyl (C=S) groups is 1. The fraction of sp³-hybridized carbons (Fsp3) is 0.261. The van der Waals surface area contributed by atoms with Crippen LogP contribution in [0.5, 0.6) is 5.75 Å². The van der Waals surface area contributed by atoms with Gasteiger partial charge in [-0.15, -0.1) is 0 Å². The molecule has 3 rings (SSSR count). The van der Waals surface area contributed by atoms with E-state index in [1.165, 1.54) is 11.8 Å². The topological polar surface area (TPSA) is 58.6 Å². The Labute approximate surface area is 186 Å². The molecule has 30 heavy (non-hydrogen) atoms. The van der Waals surface area contributed by atoms with Gasteiger partial charge in [-0.25, -0.2) is 0 Å². The lowest BCUT2D eigenvalue weighted by molar-refractivity contribution is -0.122. The number of nitrogens with one attached hydrogen (secondary N) is 1. The van der Waals surface area contributed by atoms with Crippen molar-refractivity contribution in [3.63, 3.8) is 0 Å². The summed E-state index contributed by atoms with van der Waals surface area (Å²) in [6, 6.07) is 15.3. The normalized spacial score (nSPS) is 15.0. The Morgan fingerprint density at radius 1 is 1.23 bits per heavy atom. The van der Waals surface area contributed by atoms with Gasteiger partial charge in [-0.2, -0.15) is 0 Å². The fourth-order valence-corrected chi connectivity index (χ4v) is 4.45. The molecule has 2 amide bonds. The van der Waals surface area contributed by atoms with E-state index < -0.39 is 0 Å². The van der Waals surface area contributed by atoms with Gasteiger partial charge in [-0.1, -0.05) is 61.2 Å². The van der Waals surface area contributed by atoms with Gasteiger partial charge in [-0.05, 0) is 48.2 Å². The highest BCUT2D eigenvalue weighted by molar-refractivity contribution is 8.26. The van der Waals surface area contributed by atoms with E-state index in [2.05, 4.69) is 12.2 Å². The van der Waals surface area contributed by atoms with Crippen molar-refractivity contribution in [1.82, 2.24) is 4.90 Å². The molecule has 0 saturated carbocycles. The van der Waals surface area contributed by atoms with Crippen LogP contribution in [0.15, 0.2) is 53.4 Å². The van der Waals surface area contributed by atoms with E-state index in [4.69, 9.17) is 17.0 Å². The lowest BCUT2D eigenvalue weighted by Crippen LogP contribution is -2.29. The molecule has 7 heteroatoms. The molecule has 0 spiro atoms. The summed E-state index contributed by atoms with van der Waals surface area (Å²) in [5.74, 6) is 0.549. The minimum Gasteiger partial charge on any atom is -0.497 e. The largest absolute Gasteiger partial charge is 0.497 e. The Bertz CT molecular complexity index is 988. The Morgan fingerprint density at radius 2 is 2.03 bits per heavy atom. The van der Waals surface area contributed by atoms with Crippen molar-refractivity contribution < 1.29 is 14.3 Å². The van der Waals surface area contributed by atoms with Crippen LogP contribution in [-0.4, -0.2) is 34.7 Å². The lowest BCUT2D eigenvalue weighted by Gasteiger charge is -2.14. The van der Waals surface area contributed by atoms with Gasteiger partial charge in [0.1, 0.15) is 10.1 Å². The molecule has 1 saturated heterocycles. The maximum absolute atomic E-state index is 12.7. The van der Waals surface area contributed by atoms with E-state index in [1.54, 1.807) is 12.0 Å². The van der Waals surface area contributed by atoms with Crippen molar-refractivity contribution in [3.05, 3.63) is 64.6 Å². The molecule has 156 valence electrons. The molecule has 2 aromatic rings. The minimum absolute atomic E-state index is 0.0618. The molecular formula is C23H24N2O3S2. The van der Waals surface area contributed by atoms with Crippen LogP contribution < -0.4 is 10.1 Å². The third kappa shape index (κ3) is 5.49. The first-order chi connectivity index (χ1) is 14.5. The van der Waals surface area contributed by atoms with Crippen molar-refractivity contribution >= 4 is 51.9 Å². The van der Waals surface area contributed by atoms with Gasteiger partial charge in [0.05, 0.1) is 12.0 Å². The minimum atomic E-state index is -0.121. The Balaban J connectivity index is 1.55. The van der Waals surface area contributed by atoms with Crippen LogP contribution in [-0.2, 0) is 16.0 Å². The average molecular weight is 441 g/mol. The van der Waals surface area contributed by atoms with Crippen LogP contribution in [0.25, 0.3) is 6.08 Å². The number of anilines is 1. The monoisotopic (exact) mass is 440 g/mol. The summed E-state index contributed by atoms with van der Waals surface area (Å²) in [6.45, 7) is 2.47. The second-order valence-corrected chi connectivity index (χ2v) is 8.45. The first kappa shape index (κ1) is 22.1. The highest BCUT2D eigenvalue weighted by Gasteiger charge is 2.31. The number of rotatable bonds is 8. The number of hydrogen-bond acceptors (Lipinski definition) is 5. The number of thioether (sulfide) groups is 1. The predicted octanol–water partition coefficient (Wildman–Crippen LogP) is 4.88. The zero-order valence-electron chi connectivity index (χ0n) is 17.0. The number of ether oxygens (including phenoxy) is 1. The maximum atomic E-state index is 12.7. The van der Waals surface area contributed by atoms with Crippen molar-refractivity contribution in [1.29, 1.82) is 0 Å². The number of aryl methyl sites for hydroxylation is 1. The number of para-hydroxylation sites is 1. The predicted molar refractivity (Wildman–Crippen MR) is 127 cm³/mol. The van der Waals surface area contributed by atoms with Gasteiger partial charge in [0.2, 0.25) is 5.91 Å². The molecule has 0 radical (unpaired) electrons. The summed E-state index contributed by atoms with van der Waals surface area (Å²) in [7, 11) is 1.61. The molecule has 0 bridgehead atoms. The number of hydrogen-bond donors (Lipinski definition) is 1. The summed E-state index contributed by atoms with van der Waals surface area (Å²) in [5.41, 5.74) is 2.83. The SMILES string of the molecule is CCc1ccccc1NC(=O)CCCN1C(=O)/C(=C/c2cccc(OC)c2)SC1=S. The molecular weight excluding hydrogens is 416 g/mol. The summed E-state index contributed by atoms with van der Waals surface area (Å²) >= 11 is 6.66. The number of nitrogens with zero attached hydrogens (tertiary/aromatic N) is 1. The van der Waals surface area contributed by atoms with Crippen LogP contribution in [0.2, 0.25) is 0 Å². The molecule has 5 nitrogen and oxygen atoms in total. The second kappa shape index (κ2) is 10.4. The highest BCUT2D eigenvalue weighted by atomic mass is 32.2. The highest BCUT2D eigenvalue weighted by Crippen LogP contribution is 2.33. The molecule has 2 aromatic carbocycles. The third-order valence-corrected chi connectivity index (χ3v) is 6.10. The first-order valence-electron chi connectivity index (χ1n) is 9.79. The zero-order valence-corrected chi connectivity index (χ0v) is 18.6. The van der Waals surface area contributed by atoms with E-state index in [0.717, 1.165) is 29.0 Å². The molecule has 1 N–H and O–H groups in total. The van der Waals surface area contributed by atoms with Crippen molar-refractivity contribution in [2.24, 2.45) is 0 Å². The number of amides is 2. The Morgan fingerprint density at radius 3 is 2.80 bits per heavy atom. The molecule has 1 aliphatic heterocycles. The first-order valence-corrected chi connectivity index (χ1v) is 11.0. The van der Waals surface area contributed by atoms with Crippen LogP contribution in [0, 0.1) is 0 Å². The standard InChI is InChI=1S/C23H24N2O3S2/c1-3-17-9-4-5-11-19(17)24-21(26)12-7-13-25-22(27)20(30-23(25)29)15-16-8-6-10-18(14-16)28-2/h4-6,8-11,14-15H,3,7,12-13H2,1-2H3,(H,24,26)/b20-15-. The molecule has 1 aliphatic rings. The van der Waals surface area contributed by atoms with Gasteiger partial charge in [0.25, 0.3) is 5.91 Å². The van der Waals surface area contributed by atoms with Gasteiger partial charge in [0, 0.05) is 18.7 Å². The molecule has 0 aromatic heterocycles. The second-order valence-electron chi connectivity index (χ2n) is 6.77. The van der Waals surface area contributed by atoms with Crippen molar-refractivity contribution in [3.8, 4) is 5.75 Å². The smallest absolute Gasteiger partial charge is 0.266 e. The van der Waals surface area contributed by atoms with Crippen molar-refractivity contribution in [2.75, 3.05) is 19.0 Å². The summed E-state index contributed by atoms with van der Waals surface area (Å²) in [6.07, 6.45) is 3.53. The van der Waals surface area contributed by atoms with Crippen LogP contribution >= 0.6 is 24.0 Å². The van der Waals surface area contributed by atoms with E-state index in [9.17, 15) is 9.59 Å². The molecule has 1 heterocycles. The number of carbonyl (C=O) groups is 2. The lowest BCUT2D eigenvalue weighted by atomic mass is 10.1. The number of benzene rings is 2. The van der Waals surface area contributed by atoms with Crippen LogP contribution in [0.4, 0.5) is 5.69 Å². The van der Waals surface area contributed by atoms with E-state index in [1.807, 2.05) is 54.6 Å². The number of methoxy groups -OCH3 is 1. The quantitative estimate of drug-likeness (QED) is 0.468. The van der Waals surface area contributed by atoms with Crippen LogP contribution in [0.3, 0.4) is 0 Å². The van der Waals surface area contributed by atoms with E-state index >= 15 is 0 Å². The molecule has 1 fully saturated rings. The number of carbonyl (C=O) groups excluding carboxylic acids is 2. The average Bonchev–Trinajstić information content (AvgIpc) is 3.01. The van der Waals surface area contributed by atoms with Gasteiger partial charge in [0.15, 0.2) is 0 Å². The Kier molecular flexibility index (Phi) is 7.65. The summed E-state index contributed by atoms with van der Waals surface area (Å²) < 4.78 is 5.75. The molecule has 0 aliphatic carbocycles. The molecule has 0 atom stereocenters. The van der Waals surface area contributed by atoms with Gasteiger partial charge in [-0.3, -0.25) is 14.5 Å². The maximum Gasteiger partial charge on any atom is 0.266 e. The summed E-state index contributed by atoms with van der Waals surface area (Å²) in [5, 5.41) is 2.96. The zero-order chi connectivity index (χ0) is 21.5. The fourth-order valence-electron chi connectivity index (χ4n) is 3.14. The van der Waals surface area contributed by atoms with Gasteiger partial charge >= 0.3 is 0 Å². The van der Waals surface area contributed by atoms with Crippen LogP contribution in [0.1, 0.15) is 30.9 Å². The van der Waals surface area contributed by atoms with Gasteiger partial charge < -0.3 is 10.1 Å². The third-order valence-electron chi connectivity index (χ3n) is 4.72. The summed E-state index contributed by atoms with van der Waals surface area (Å²) in [4.78, 5) is 27.2.